The number of carbonyl (C=O) groups excluding carboxylic acids is 2. The Labute approximate surface area is 251 Å². The van der Waals surface area contributed by atoms with Crippen molar-refractivity contribution in [3.05, 3.63) is 93.9 Å². The van der Waals surface area contributed by atoms with E-state index >= 15 is 0 Å². The predicted octanol–water partition coefficient (Wildman–Crippen LogP) is 4.19. The van der Waals surface area contributed by atoms with Gasteiger partial charge in [0.1, 0.15) is 6.04 Å². The zero-order valence-electron chi connectivity index (χ0n) is 25.6. The van der Waals surface area contributed by atoms with Crippen LogP contribution in [0.15, 0.2) is 71.5 Å². The molecule has 4 aromatic rings. The smallest absolute Gasteiger partial charge is 0.274 e. The van der Waals surface area contributed by atoms with Gasteiger partial charge in [0.15, 0.2) is 11.5 Å². The summed E-state index contributed by atoms with van der Waals surface area (Å²) in [5.74, 6) is 0.323. The zero-order chi connectivity index (χ0) is 31.3. The van der Waals surface area contributed by atoms with Gasteiger partial charge in [-0.05, 0) is 50.1 Å². The Hall–Kier alpha value is -4.86. The molecule has 0 aliphatic heterocycles. The first kappa shape index (κ1) is 31.1. The second kappa shape index (κ2) is 13.0. The van der Waals surface area contributed by atoms with E-state index in [0.29, 0.717) is 39.3 Å². The topological polar surface area (TPSA) is 112 Å². The third kappa shape index (κ3) is 6.97. The highest BCUT2D eigenvalue weighted by atomic mass is 16.5. The molecule has 10 nitrogen and oxygen atoms in total. The van der Waals surface area contributed by atoms with Crippen molar-refractivity contribution in [2.45, 2.75) is 45.3 Å². The van der Waals surface area contributed by atoms with Gasteiger partial charge >= 0.3 is 0 Å². The highest BCUT2D eigenvalue weighted by Gasteiger charge is 2.35. The van der Waals surface area contributed by atoms with Crippen LogP contribution in [0, 0.1) is 0 Å². The highest BCUT2D eigenvalue weighted by molar-refractivity contribution is 5.92. The minimum absolute atomic E-state index is 0.127. The number of nitrogens with zero attached hydrogens (tertiary/aromatic N) is 3. The number of aromatic nitrogens is 2. The Morgan fingerprint density at radius 3 is 2.05 bits per heavy atom. The Kier molecular flexibility index (Phi) is 9.38. The third-order valence-electron chi connectivity index (χ3n) is 6.93. The van der Waals surface area contributed by atoms with E-state index in [2.05, 4.69) is 10.4 Å². The number of carbonyl (C=O) groups is 2. The molecule has 43 heavy (non-hydrogen) atoms. The van der Waals surface area contributed by atoms with Crippen molar-refractivity contribution < 1.29 is 23.8 Å². The van der Waals surface area contributed by atoms with Crippen LogP contribution in [-0.4, -0.2) is 53.4 Å². The average Bonchev–Trinajstić information content (AvgIpc) is 2.98. The number of amides is 2. The van der Waals surface area contributed by atoms with E-state index in [0.717, 1.165) is 5.56 Å². The van der Waals surface area contributed by atoms with Gasteiger partial charge in [-0.1, -0.05) is 48.5 Å². The maximum atomic E-state index is 14.4. The Morgan fingerprint density at radius 2 is 1.49 bits per heavy atom. The number of benzene rings is 3. The summed E-state index contributed by atoms with van der Waals surface area (Å²) in [4.78, 5) is 42.8. The summed E-state index contributed by atoms with van der Waals surface area (Å²) in [6.45, 7) is 5.76. The van der Waals surface area contributed by atoms with E-state index in [1.807, 2.05) is 51.1 Å². The molecule has 0 radical (unpaired) electrons. The van der Waals surface area contributed by atoms with E-state index in [1.54, 1.807) is 43.4 Å². The fourth-order valence-corrected chi connectivity index (χ4v) is 5.02. The number of rotatable bonds is 10. The maximum absolute atomic E-state index is 14.4. The number of nitrogens with one attached hydrogen (secondary N) is 1. The van der Waals surface area contributed by atoms with E-state index in [9.17, 15) is 14.4 Å². The largest absolute Gasteiger partial charge is 0.493 e. The molecule has 0 fully saturated rings. The van der Waals surface area contributed by atoms with Crippen LogP contribution in [0.5, 0.6) is 17.2 Å². The van der Waals surface area contributed by atoms with Crippen molar-refractivity contribution in [2.24, 2.45) is 7.05 Å². The van der Waals surface area contributed by atoms with E-state index in [4.69, 9.17) is 14.2 Å². The summed E-state index contributed by atoms with van der Waals surface area (Å²) in [5.41, 5.74) is 0.884. The standard InChI is InChI=1S/C33H38N4O6/c1-33(2,3)34-31(39)29(22-17-26(41-5)30(43-7)27(18-22)42-6)37(20-21-13-9-8-10-14-21)28(38)19-25-23-15-11-12-16-24(23)32(40)36(4)35-25/h8-18,29H,19-20H2,1-7H3,(H,34,39)/t29-/m1/s1. The molecule has 10 heteroatoms. The van der Waals surface area contributed by atoms with Crippen LogP contribution in [0.2, 0.25) is 0 Å². The molecule has 1 atom stereocenters. The molecular formula is C33H38N4O6. The lowest BCUT2D eigenvalue weighted by atomic mass is 9.99. The number of methoxy groups -OCH3 is 3. The first-order chi connectivity index (χ1) is 20.5. The fourth-order valence-electron chi connectivity index (χ4n) is 5.02. The SMILES string of the molecule is COc1cc([C@H](C(=O)NC(C)(C)C)N(Cc2ccccc2)C(=O)Cc2nn(C)c(=O)c3ccccc23)cc(OC)c1OC. The van der Waals surface area contributed by atoms with Gasteiger partial charge in [-0.25, -0.2) is 4.68 Å². The maximum Gasteiger partial charge on any atom is 0.274 e. The zero-order valence-corrected chi connectivity index (χ0v) is 25.6. The fraction of sp³-hybridized carbons (Fsp3) is 0.333. The molecule has 1 N–H and O–H groups in total. The van der Waals surface area contributed by atoms with Gasteiger partial charge in [0.05, 0.1) is 38.8 Å². The molecule has 4 rings (SSSR count). The first-order valence-electron chi connectivity index (χ1n) is 13.9. The number of fused-ring (bicyclic) bond motifs is 1. The minimum Gasteiger partial charge on any atom is -0.493 e. The monoisotopic (exact) mass is 586 g/mol. The van der Waals surface area contributed by atoms with Crippen molar-refractivity contribution >= 4 is 22.6 Å². The van der Waals surface area contributed by atoms with Crippen molar-refractivity contribution in [1.82, 2.24) is 20.0 Å². The van der Waals surface area contributed by atoms with Gasteiger partial charge in [0.25, 0.3) is 5.56 Å². The van der Waals surface area contributed by atoms with Gasteiger partial charge in [0.2, 0.25) is 17.6 Å². The molecule has 2 amide bonds. The number of hydrogen-bond donors (Lipinski definition) is 1. The third-order valence-corrected chi connectivity index (χ3v) is 6.93. The van der Waals surface area contributed by atoms with Crippen LogP contribution in [0.4, 0.5) is 0 Å². The van der Waals surface area contributed by atoms with Crippen LogP contribution in [-0.2, 0) is 29.6 Å². The number of hydrogen-bond acceptors (Lipinski definition) is 7. The van der Waals surface area contributed by atoms with E-state index in [-0.39, 0.29) is 30.3 Å². The quantitative estimate of drug-likeness (QED) is 0.297. The lowest BCUT2D eigenvalue weighted by Crippen LogP contribution is -2.49. The van der Waals surface area contributed by atoms with Crippen LogP contribution in [0.25, 0.3) is 10.8 Å². The summed E-state index contributed by atoms with van der Waals surface area (Å²) in [6.07, 6.45) is -0.148. The van der Waals surface area contributed by atoms with Gasteiger partial charge in [-0.15, -0.1) is 0 Å². The molecule has 1 heterocycles. The molecule has 1 aromatic heterocycles. The summed E-state index contributed by atoms with van der Waals surface area (Å²) in [5, 5.41) is 8.54. The van der Waals surface area contributed by atoms with Crippen molar-refractivity contribution in [1.29, 1.82) is 0 Å². The second-order valence-electron chi connectivity index (χ2n) is 11.2. The summed E-state index contributed by atoms with van der Waals surface area (Å²) < 4.78 is 17.9. The lowest BCUT2D eigenvalue weighted by molar-refractivity contribution is -0.141. The van der Waals surface area contributed by atoms with Crippen LogP contribution >= 0.6 is 0 Å². The summed E-state index contributed by atoms with van der Waals surface area (Å²) in [6, 6.07) is 18.8. The Balaban J connectivity index is 1.91. The predicted molar refractivity (Wildman–Crippen MR) is 164 cm³/mol. The van der Waals surface area contributed by atoms with Gasteiger partial charge in [-0.3, -0.25) is 14.4 Å². The lowest BCUT2D eigenvalue weighted by Gasteiger charge is -2.34. The molecular weight excluding hydrogens is 548 g/mol. The van der Waals surface area contributed by atoms with Crippen LogP contribution in [0.3, 0.4) is 0 Å². The van der Waals surface area contributed by atoms with E-state index < -0.39 is 11.6 Å². The molecule has 0 saturated carbocycles. The van der Waals surface area contributed by atoms with Gasteiger partial charge in [0, 0.05) is 24.5 Å². The molecule has 0 unspecified atom stereocenters. The molecule has 226 valence electrons. The number of aryl methyl sites for hydroxylation is 1. The Morgan fingerprint density at radius 1 is 0.907 bits per heavy atom. The molecule has 0 aliphatic carbocycles. The molecule has 0 spiro atoms. The second-order valence-corrected chi connectivity index (χ2v) is 11.2. The molecule has 0 aliphatic rings. The first-order valence-corrected chi connectivity index (χ1v) is 13.9. The van der Waals surface area contributed by atoms with Crippen molar-refractivity contribution in [3.8, 4) is 17.2 Å². The highest BCUT2D eigenvalue weighted by Crippen LogP contribution is 2.41. The average molecular weight is 587 g/mol. The summed E-state index contributed by atoms with van der Waals surface area (Å²) >= 11 is 0. The normalized spacial score (nSPS) is 12.0. The minimum atomic E-state index is -1.08. The van der Waals surface area contributed by atoms with Gasteiger partial charge in [-0.2, -0.15) is 5.10 Å². The molecule has 3 aromatic carbocycles. The van der Waals surface area contributed by atoms with Crippen molar-refractivity contribution in [3.63, 3.8) is 0 Å². The molecule has 0 bridgehead atoms. The number of ether oxygens (including phenoxy) is 3. The van der Waals surface area contributed by atoms with Crippen molar-refractivity contribution in [2.75, 3.05) is 21.3 Å². The van der Waals surface area contributed by atoms with Crippen LogP contribution in [0.1, 0.15) is 43.6 Å². The summed E-state index contributed by atoms with van der Waals surface area (Å²) in [7, 11) is 6.04. The van der Waals surface area contributed by atoms with Gasteiger partial charge < -0.3 is 24.4 Å². The Bertz CT molecular complexity index is 1650. The molecule has 0 saturated heterocycles. The van der Waals surface area contributed by atoms with Crippen LogP contribution < -0.4 is 25.1 Å². The van der Waals surface area contributed by atoms with E-state index in [1.165, 1.54) is 30.9 Å².